The maximum absolute atomic E-state index is 12.8. The zero-order valence-corrected chi connectivity index (χ0v) is 18.7. The van der Waals surface area contributed by atoms with Crippen molar-refractivity contribution in [2.45, 2.75) is 19.4 Å². The van der Waals surface area contributed by atoms with Gasteiger partial charge in [0.05, 0.1) is 31.2 Å². The van der Waals surface area contributed by atoms with Gasteiger partial charge in [-0.05, 0) is 43.2 Å². The van der Waals surface area contributed by atoms with Crippen LogP contribution in [0, 0.1) is 5.92 Å². The molecule has 1 saturated heterocycles. The van der Waals surface area contributed by atoms with Gasteiger partial charge in [0, 0.05) is 35.7 Å². The number of carbonyl (C=O) groups excluding carboxylic acids is 1. The highest BCUT2D eigenvalue weighted by Crippen LogP contribution is 2.27. The third-order valence-corrected chi connectivity index (χ3v) is 5.96. The summed E-state index contributed by atoms with van der Waals surface area (Å²) in [7, 11) is 3.23. The summed E-state index contributed by atoms with van der Waals surface area (Å²) in [4.78, 5) is 23.1. The molecule has 1 aliphatic heterocycles. The van der Waals surface area contributed by atoms with Crippen molar-refractivity contribution in [3.05, 3.63) is 46.4 Å². The number of ether oxygens (including phenoxy) is 2. The minimum atomic E-state index is -0.0806. The second-order valence-electron chi connectivity index (χ2n) is 7.40. The van der Waals surface area contributed by atoms with E-state index in [-0.39, 0.29) is 11.8 Å². The van der Waals surface area contributed by atoms with E-state index in [4.69, 9.17) is 14.5 Å². The second-order valence-corrected chi connectivity index (χ2v) is 8.32. The molecule has 0 spiro atoms. The number of hydrogen-bond donors (Lipinski definition) is 2. The lowest BCUT2D eigenvalue weighted by atomic mass is 9.97. The fourth-order valence-corrected chi connectivity index (χ4v) is 4.19. The average Bonchev–Trinajstić information content (AvgIpc) is 3.20. The van der Waals surface area contributed by atoms with Gasteiger partial charge in [0.1, 0.15) is 11.5 Å². The zero-order chi connectivity index (χ0) is 21.1. The highest BCUT2D eigenvalue weighted by Gasteiger charge is 2.27. The molecule has 0 radical (unpaired) electrons. The molecule has 0 bridgehead atoms. The van der Waals surface area contributed by atoms with Crippen LogP contribution >= 0.6 is 15.9 Å². The van der Waals surface area contributed by atoms with Gasteiger partial charge in [-0.25, -0.2) is 4.98 Å². The summed E-state index contributed by atoms with van der Waals surface area (Å²) in [5.74, 6) is 2.22. The first-order valence-corrected chi connectivity index (χ1v) is 10.8. The molecule has 1 fully saturated rings. The maximum atomic E-state index is 12.8. The fourth-order valence-electron chi connectivity index (χ4n) is 3.83. The topological polar surface area (TPSA) is 79.5 Å². The van der Waals surface area contributed by atoms with Crippen LogP contribution in [0.25, 0.3) is 11.0 Å². The van der Waals surface area contributed by atoms with Crippen molar-refractivity contribution in [1.29, 1.82) is 0 Å². The lowest BCUT2D eigenvalue weighted by Gasteiger charge is -2.31. The zero-order valence-electron chi connectivity index (χ0n) is 17.1. The molecule has 0 unspecified atom stereocenters. The maximum Gasteiger partial charge on any atom is 0.225 e. The van der Waals surface area contributed by atoms with Crippen LogP contribution in [0.4, 0.5) is 5.95 Å². The molecule has 30 heavy (non-hydrogen) atoms. The van der Waals surface area contributed by atoms with Crippen molar-refractivity contribution < 1.29 is 14.3 Å². The van der Waals surface area contributed by atoms with Gasteiger partial charge in [-0.3, -0.25) is 4.79 Å². The molecule has 1 aliphatic rings. The van der Waals surface area contributed by atoms with E-state index < -0.39 is 0 Å². The molecule has 1 amide bonds. The van der Waals surface area contributed by atoms with Gasteiger partial charge in [0.15, 0.2) is 0 Å². The quantitative estimate of drug-likeness (QED) is 0.568. The SMILES string of the molecule is COc1ccc(CNC(=O)[C@@H]2CCCN(c3nc4ccc(Br)cc4[nH]3)C2)c(OC)c1. The summed E-state index contributed by atoms with van der Waals surface area (Å²) in [6.07, 6.45) is 1.82. The van der Waals surface area contributed by atoms with E-state index in [1.807, 2.05) is 36.4 Å². The van der Waals surface area contributed by atoms with Gasteiger partial charge < -0.3 is 24.7 Å². The molecular weight excluding hydrogens is 448 g/mol. The van der Waals surface area contributed by atoms with Gasteiger partial charge in [0.2, 0.25) is 11.9 Å². The number of hydrogen-bond acceptors (Lipinski definition) is 5. The number of H-pyrrole nitrogens is 1. The van der Waals surface area contributed by atoms with E-state index in [1.54, 1.807) is 14.2 Å². The summed E-state index contributed by atoms with van der Waals surface area (Å²) < 4.78 is 11.7. The minimum Gasteiger partial charge on any atom is -0.497 e. The Morgan fingerprint density at radius 3 is 2.93 bits per heavy atom. The number of carbonyl (C=O) groups is 1. The molecule has 2 N–H and O–H groups in total. The van der Waals surface area contributed by atoms with Gasteiger partial charge >= 0.3 is 0 Å². The predicted octanol–water partition coefficient (Wildman–Crippen LogP) is 3.88. The standard InChI is InChI=1S/C22H25BrN4O3/c1-29-17-7-5-14(20(11-17)30-2)12-24-21(28)15-4-3-9-27(13-15)22-25-18-8-6-16(23)10-19(18)26-22/h5-8,10-11,15H,3-4,9,12-13H2,1-2H3,(H,24,28)(H,25,26)/t15-/m1/s1. The molecule has 3 aromatic rings. The third-order valence-electron chi connectivity index (χ3n) is 5.47. The van der Waals surface area contributed by atoms with E-state index in [2.05, 4.69) is 31.1 Å². The van der Waals surface area contributed by atoms with Crippen molar-refractivity contribution in [3.8, 4) is 11.5 Å². The Bertz CT molecular complexity index is 1050. The summed E-state index contributed by atoms with van der Waals surface area (Å²) in [6.45, 7) is 1.95. The number of aromatic amines is 1. The molecular formula is C22H25BrN4O3. The van der Waals surface area contributed by atoms with Crippen molar-refractivity contribution >= 4 is 38.8 Å². The number of methoxy groups -OCH3 is 2. The molecule has 1 aromatic heterocycles. The van der Waals surface area contributed by atoms with E-state index in [1.165, 1.54) is 0 Å². The number of aromatic nitrogens is 2. The Morgan fingerprint density at radius 2 is 2.13 bits per heavy atom. The number of rotatable bonds is 6. The van der Waals surface area contributed by atoms with E-state index >= 15 is 0 Å². The molecule has 0 saturated carbocycles. The van der Waals surface area contributed by atoms with Crippen molar-refractivity contribution in [2.75, 3.05) is 32.2 Å². The molecule has 158 valence electrons. The molecule has 7 nitrogen and oxygen atoms in total. The first-order valence-electron chi connectivity index (χ1n) is 9.96. The summed E-state index contributed by atoms with van der Waals surface area (Å²) in [5, 5.41) is 3.06. The smallest absolute Gasteiger partial charge is 0.225 e. The number of piperidine rings is 1. The highest BCUT2D eigenvalue weighted by atomic mass is 79.9. The number of nitrogens with one attached hydrogen (secondary N) is 2. The van der Waals surface area contributed by atoms with Crippen LogP contribution in [-0.2, 0) is 11.3 Å². The molecule has 4 rings (SSSR count). The molecule has 2 aromatic carbocycles. The van der Waals surface area contributed by atoms with Crippen molar-refractivity contribution in [1.82, 2.24) is 15.3 Å². The minimum absolute atomic E-state index is 0.0522. The normalized spacial score (nSPS) is 16.5. The number of nitrogens with zero attached hydrogens (tertiary/aromatic N) is 2. The Labute approximate surface area is 183 Å². The van der Waals surface area contributed by atoms with Crippen LogP contribution in [0.1, 0.15) is 18.4 Å². The van der Waals surface area contributed by atoms with Crippen LogP contribution < -0.4 is 19.7 Å². The van der Waals surface area contributed by atoms with E-state index in [0.717, 1.165) is 52.2 Å². The number of amides is 1. The lowest BCUT2D eigenvalue weighted by molar-refractivity contribution is -0.125. The van der Waals surface area contributed by atoms with Crippen LogP contribution in [0.2, 0.25) is 0 Å². The largest absolute Gasteiger partial charge is 0.497 e. The third kappa shape index (κ3) is 4.38. The highest BCUT2D eigenvalue weighted by molar-refractivity contribution is 9.10. The summed E-state index contributed by atoms with van der Waals surface area (Å²) in [6, 6.07) is 11.6. The van der Waals surface area contributed by atoms with Gasteiger partial charge in [-0.1, -0.05) is 15.9 Å². The van der Waals surface area contributed by atoms with E-state index in [9.17, 15) is 4.79 Å². The van der Waals surface area contributed by atoms with Crippen LogP contribution in [0.5, 0.6) is 11.5 Å². The van der Waals surface area contributed by atoms with Gasteiger partial charge in [0.25, 0.3) is 0 Å². The first kappa shape index (κ1) is 20.5. The fraction of sp³-hybridized carbons (Fsp3) is 0.364. The number of anilines is 1. The molecule has 0 aliphatic carbocycles. The van der Waals surface area contributed by atoms with Crippen molar-refractivity contribution in [3.63, 3.8) is 0 Å². The number of halogens is 1. The van der Waals surface area contributed by atoms with Gasteiger partial charge in [-0.2, -0.15) is 0 Å². The Morgan fingerprint density at radius 1 is 1.27 bits per heavy atom. The van der Waals surface area contributed by atoms with E-state index in [0.29, 0.717) is 18.8 Å². The lowest BCUT2D eigenvalue weighted by Crippen LogP contribution is -2.43. The van der Waals surface area contributed by atoms with Crippen LogP contribution in [0.15, 0.2) is 40.9 Å². The van der Waals surface area contributed by atoms with Crippen LogP contribution in [-0.4, -0.2) is 43.2 Å². The summed E-state index contributed by atoms with van der Waals surface area (Å²) in [5.41, 5.74) is 2.83. The molecule has 1 atom stereocenters. The van der Waals surface area contributed by atoms with Gasteiger partial charge in [-0.15, -0.1) is 0 Å². The Balaban J connectivity index is 1.41. The monoisotopic (exact) mass is 472 g/mol. The van der Waals surface area contributed by atoms with Crippen molar-refractivity contribution in [2.24, 2.45) is 5.92 Å². The predicted molar refractivity (Wildman–Crippen MR) is 120 cm³/mol. The Kier molecular flexibility index (Phi) is 6.13. The number of fused-ring (bicyclic) bond motifs is 1. The second kappa shape index (κ2) is 8.95. The number of benzene rings is 2. The van der Waals surface area contributed by atoms with Crippen LogP contribution in [0.3, 0.4) is 0 Å². The average molecular weight is 473 g/mol. The molecule has 2 heterocycles. The summed E-state index contributed by atoms with van der Waals surface area (Å²) >= 11 is 3.49. The molecule has 8 heteroatoms. The number of imidazole rings is 1. The first-order chi connectivity index (χ1) is 14.6. The Hall–Kier alpha value is -2.74.